The minimum absolute atomic E-state index is 0.187. The van der Waals surface area contributed by atoms with Gasteiger partial charge in [0.2, 0.25) is 0 Å². The molecule has 0 aliphatic rings. The molecule has 1 unspecified atom stereocenters. The number of benzene rings is 1. The lowest BCUT2D eigenvalue weighted by molar-refractivity contribution is 0.402. The van der Waals surface area contributed by atoms with E-state index in [1.54, 1.807) is 0 Å². The van der Waals surface area contributed by atoms with Gasteiger partial charge in [0.25, 0.3) is 0 Å². The van der Waals surface area contributed by atoms with Crippen LogP contribution in [0.2, 0.25) is 0 Å². The smallest absolute Gasteiger partial charge is 0.154 e. The molecule has 0 amide bonds. The first-order valence-corrected chi connectivity index (χ1v) is 6.61. The van der Waals surface area contributed by atoms with Crippen molar-refractivity contribution in [1.82, 2.24) is 0 Å². The highest BCUT2D eigenvalue weighted by Crippen LogP contribution is 2.43. The molecule has 0 saturated heterocycles. The van der Waals surface area contributed by atoms with Crippen LogP contribution in [-0.2, 0) is 0 Å². The van der Waals surface area contributed by atoms with Crippen LogP contribution in [0.3, 0.4) is 0 Å². The number of rotatable bonds is 6. The molecule has 0 bridgehead atoms. The lowest BCUT2D eigenvalue weighted by atomic mass is 9.68. The van der Waals surface area contributed by atoms with E-state index in [0.29, 0.717) is 12.8 Å². The standard InChI is InChI=1S/C18H20N2/c1-14(2)10-17(16-8-6-5-7-9-16)18(12-19,13-20)11-15(3)4/h5-9,17H,1,3,10-11H2,2,4H3. The second kappa shape index (κ2) is 6.73. The van der Waals surface area contributed by atoms with Crippen molar-refractivity contribution in [2.24, 2.45) is 5.41 Å². The lowest BCUT2D eigenvalue weighted by Gasteiger charge is -2.30. The molecule has 0 heterocycles. The summed E-state index contributed by atoms with van der Waals surface area (Å²) in [6.07, 6.45) is 1.01. The lowest BCUT2D eigenvalue weighted by Crippen LogP contribution is -2.26. The van der Waals surface area contributed by atoms with Crippen molar-refractivity contribution < 1.29 is 0 Å². The van der Waals surface area contributed by atoms with E-state index in [4.69, 9.17) is 0 Å². The normalized spacial score (nSPS) is 12.0. The summed E-state index contributed by atoms with van der Waals surface area (Å²) in [7, 11) is 0. The fourth-order valence-electron chi connectivity index (χ4n) is 2.47. The Morgan fingerprint density at radius 1 is 1.10 bits per heavy atom. The van der Waals surface area contributed by atoms with Crippen LogP contribution in [0.5, 0.6) is 0 Å². The molecule has 102 valence electrons. The Morgan fingerprint density at radius 3 is 2.05 bits per heavy atom. The summed E-state index contributed by atoms with van der Waals surface area (Å²) in [6, 6.07) is 14.2. The van der Waals surface area contributed by atoms with Crippen LogP contribution >= 0.6 is 0 Å². The van der Waals surface area contributed by atoms with E-state index in [1.165, 1.54) is 0 Å². The van der Waals surface area contributed by atoms with E-state index in [2.05, 4.69) is 25.3 Å². The Hall–Kier alpha value is -2.32. The average Bonchev–Trinajstić information content (AvgIpc) is 2.43. The van der Waals surface area contributed by atoms with Crippen LogP contribution in [0.25, 0.3) is 0 Å². The van der Waals surface area contributed by atoms with Gasteiger partial charge in [0.1, 0.15) is 0 Å². The van der Waals surface area contributed by atoms with Crippen molar-refractivity contribution in [1.29, 1.82) is 10.5 Å². The minimum atomic E-state index is -1.09. The van der Waals surface area contributed by atoms with Gasteiger partial charge >= 0.3 is 0 Å². The van der Waals surface area contributed by atoms with Gasteiger partial charge in [-0.15, -0.1) is 13.2 Å². The first-order chi connectivity index (χ1) is 9.45. The molecule has 0 saturated carbocycles. The Kier molecular flexibility index (Phi) is 5.30. The highest BCUT2D eigenvalue weighted by atomic mass is 14.5. The fourth-order valence-corrected chi connectivity index (χ4v) is 2.47. The molecule has 0 radical (unpaired) electrons. The number of hydrogen-bond donors (Lipinski definition) is 0. The molecule has 0 aromatic heterocycles. The highest BCUT2D eigenvalue weighted by Gasteiger charge is 2.40. The van der Waals surface area contributed by atoms with Gasteiger partial charge in [-0.3, -0.25) is 0 Å². The summed E-state index contributed by atoms with van der Waals surface area (Å²) in [4.78, 5) is 0. The van der Waals surface area contributed by atoms with Crippen molar-refractivity contribution in [3.8, 4) is 12.1 Å². The third-order valence-corrected chi connectivity index (χ3v) is 3.33. The molecule has 0 aliphatic heterocycles. The van der Waals surface area contributed by atoms with E-state index < -0.39 is 5.41 Å². The van der Waals surface area contributed by atoms with Crippen molar-refractivity contribution in [3.05, 3.63) is 60.2 Å². The molecule has 1 aromatic rings. The van der Waals surface area contributed by atoms with Crippen LogP contribution in [0.15, 0.2) is 54.6 Å². The van der Waals surface area contributed by atoms with Gasteiger partial charge in [-0.05, 0) is 25.8 Å². The maximum Gasteiger partial charge on any atom is 0.154 e. The van der Waals surface area contributed by atoms with Crippen molar-refractivity contribution in [2.75, 3.05) is 0 Å². The third kappa shape index (κ3) is 3.59. The molecule has 2 heteroatoms. The van der Waals surface area contributed by atoms with E-state index >= 15 is 0 Å². The Balaban J connectivity index is 3.34. The number of nitrogens with zero attached hydrogens (tertiary/aromatic N) is 2. The molecular weight excluding hydrogens is 244 g/mol. The van der Waals surface area contributed by atoms with E-state index in [9.17, 15) is 10.5 Å². The van der Waals surface area contributed by atoms with Gasteiger partial charge in [0.05, 0.1) is 12.1 Å². The zero-order valence-electron chi connectivity index (χ0n) is 12.2. The second-order valence-electron chi connectivity index (χ2n) is 5.45. The van der Waals surface area contributed by atoms with Gasteiger partial charge in [0.15, 0.2) is 5.41 Å². The van der Waals surface area contributed by atoms with E-state index in [1.807, 2.05) is 44.2 Å². The molecular formula is C18H20N2. The summed E-state index contributed by atoms with van der Waals surface area (Å²) in [5.74, 6) is -0.187. The Morgan fingerprint density at radius 2 is 1.65 bits per heavy atom. The predicted molar refractivity (Wildman–Crippen MR) is 81.7 cm³/mol. The molecule has 2 nitrogen and oxygen atoms in total. The second-order valence-corrected chi connectivity index (χ2v) is 5.45. The van der Waals surface area contributed by atoms with Crippen molar-refractivity contribution in [3.63, 3.8) is 0 Å². The summed E-state index contributed by atoms with van der Waals surface area (Å²) in [6.45, 7) is 11.6. The molecule has 1 atom stereocenters. The third-order valence-electron chi connectivity index (χ3n) is 3.33. The largest absolute Gasteiger partial charge is 0.197 e. The van der Waals surface area contributed by atoms with Crippen LogP contribution in [0.4, 0.5) is 0 Å². The molecule has 0 fully saturated rings. The van der Waals surface area contributed by atoms with Gasteiger partial charge < -0.3 is 0 Å². The molecule has 1 aromatic carbocycles. The number of nitriles is 2. The SMILES string of the molecule is C=C(C)CC(c1ccccc1)C(C#N)(C#N)CC(=C)C. The van der Waals surface area contributed by atoms with Gasteiger partial charge in [-0.25, -0.2) is 0 Å². The van der Waals surface area contributed by atoms with E-state index in [0.717, 1.165) is 16.7 Å². The maximum absolute atomic E-state index is 9.63. The summed E-state index contributed by atoms with van der Waals surface area (Å²) in [5, 5.41) is 19.3. The Labute approximate surface area is 121 Å². The topological polar surface area (TPSA) is 47.6 Å². The summed E-state index contributed by atoms with van der Waals surface area (Å²) >= 11 is 0. The zero-order chi connectivity index (χ0) is 15.2. The average molecular weight is 264 g/mol. The van der Waals surface area contributed by atoms with Crippen LogP contribution < -0.4 is 0 Å². The van der Waals surface area contributed by atoms with Crippen LogP contribution in [0.1, 0.15) is 38.2 Å². The zero-order valence-corrected chi connectivity index (χ0v) is 12.2. The first-order valence-electron chi connectivity index (χ1n) is 6.61. The molecule has 0 spiro atoms. The molecule has 0 N–H and O–H groups in total. The van der Waals surface area contributed by atoms with Crippen molar-refractivity contribution >= 4 is 0 Å². The Bertz CT molecular complexity index is 556. The minimum Gasteiger partial charge on any atom is -0.197 e. The van der Waals surface area contributed by atoms with Crippen LogP contribution in [0, 0.1) is 28.1 Å². The molecule has 0 aliphatic carbocycles. The summed E-state index contributed by atoms with van der Waals surface area (Å²) < 4.78 is 0. The van der Waals surface area contributed by atoms with Gasteiger partial charge in [-0.2, -0.15) is 10.5 Å². The van der Waals surface area contributed by atoms with Gasteiger partial charge in [0, 0.05) is 12.3 Å². The van der Waals surface area contributed by atoms with E-state index in [-0.39, 0.29) is 5.92 Å². The van der Waals surface area contributed by atoms with Gasteiger partial charge in [-0.1, -0.05) is 41.5 Å². The fraction of sp³-hybridized carbons (Fsp3) is 0.333. The summed E-state index contributed by atoms with van der Waals surface area (Å²) in [5.41, 5.74) is 1.72. The molecule has 1 rings (SSSR count). The van der Waals surface area contributed by atoms with Crippen LogP contribution in [-0.4, -0.2) is 0 Å². The monoisotopic (exact) mass is 264 g/mol. The quantitative estimate of drug-likeness (QED) is 0.697. The van der Waals surface area contributed by atoms with Crippen molar-refractivity contribution in [2.45, 2.75) is 32.6 Å². The first kappa shape index (κ1) is 15.7. The highest BCUT2D eigenvalue weighted by molar-refractivity contribution is 5.33. The predicted octanol–water partition coefficient (Wildman–Crippen LogP) is 4.74. The maximum atomic E-state index is 9.63. The number of hydrogen-bond acceptors (Lipinski definition) is 2. The molecule has 20 heavy (non-hydrogen) atoms. The number of allylic oxidation sites excluding steroid dienone is 2.